The van der Waals surface area contributed by atoms with Crippen LogP contribution in [0.15, 0.2) is 36.8 Å². The lowest BCUT2D eigenvalue weighted by Crippen LogP contribution is -2.27. The second-order valence-corrected chi connectivity index (χ2v) is 21.3. The Kier molecular flexibility index (Phi) is 14.2. The van der Waals surface area contributed by atoms with Gasteiger partial charge in [0.25, 0.3) is 17.7 Å². The van der Waals surface area contributed by atoms with Crippen molar-refractivity contribution in [1.82, 2.24) is 58.3 Å². The first kappa shape index (κ1) is 49.6. The fourth-order valence-electron chi connectivity index (χ4n) is 12.7. The average molecular weight is 989 g/mol. The van der Waals surface area contributed by atoms with E-state index in [0.717, 1.165) is 70.1 Å². The summed E-state index contributed by atoms with van der Waals surface area (Å²) in [6.45, 7) is 0. The van der Waals surface area contributed by atoms with Crippen molar-refractivity contribution in [2.24, 2.45) is 35.5 Å². The second-order valence-electron chi connectivity index (χ2n) is 20.3. The maximum atomic E-state index is 12.6. The lowest BCUT2D eigenvalue weighted by atomic mass is 9.95. The summed E-state index contributed by atoms with van der Waals surface area (Å²) >= 11 is 18.0. The van der Waals surface area contributed by atoms with Crippen LogP contribution in [0.1, 0.15) is 141 Å². The number of fused-ring (bicyclic) bond motifs is 9. The van der Waals surface area contributed by atoms with Gasteiger partial charge in [-0.05, 0) is 146 Å². The van der Waals surface area contributed by atoms with Gasteiger partial charge in [0, 0.05) is 95.2 Å². The van der Waals surface area contributed by atoms with E-state index in [9.17, 15) is 14.4 Å². The largest absolute Gasteiger partial charge is 0.343 e. The minimum atomic E-state index is 0. The van der Waals surface area contributed by atoms with Crippen LogP contribution in [-0.2, 0) is 0 Å². The molecule has 6 fully saturated rings. The predicted octanol–water partition coefficient (Wildman–Crippen LogP) is 10.7. The van der Waals surface area contributed by atoms with Crippen LogP contribution in [0.3, 0.4) is 0 Å². The van der Waals surface area contributed by atoms with Crippen LogP contribution in [-0.4, -0.2) is 118 Å². The van der Waals surface area contributed by atoms with Gasteiger partial charge >= 0.3 is 0 Å². The third-order valence-electron chi connectivity index (χ3n) is 15.6. The van der Waals surface area contributed by atoms with Gasteiger partial charge in [-0.2, -0.15) is 15.0 Å². The van der Waals surface area contributed by atoms with Crippen LogP contribution >= 0.6 is 34.8 Å². The number of nitrogens with zero attached hydrogens (tertiary/aromatic N) is 12. The first-order valence-corrected chi connectivity index (χ1v) is 24.5. The van der Waals surface area contributed by atoms with E-state index in [1.54, 1.807) is 75.6 Å². The third-order valence-corrected chi connectivity index (χ3v) is 16.2. The Balaban J connectivity index is 0.000000136. The zero-order chi connectivity index (χ0) is 46.3. The smallest absolute Gasteiger partial charge is 0.270 e. The van der Waals surface area contributed by atoms with Gasteiger partial charge in [-0.1, -0.05) is 34.1 Å². The molecule has 0 aliphatic heterocycles. The van der Waals surface area contributed by atoms with E-state index in [4.69, 9.17) is 34.8 Å². The van der Waals surface area contributed by atoms with Crippen LogP contribution in [0.2, 0.25) is 15.9 Å². The minimum Gasteiger partial charge on any atom is -0.343 e. The van der Waals surface area contributed by atoms with Crippen molar-refractivity contribution in [3.63, 3.8) is 0 Å². The van der Waals surface area contributed by atoms with Crippen molar-refractivity contribution in [3.05, 3.63) is 69.7 Å². The Morgan fingerprint density at radius 1 is 0.456 bits per heavy atom. The molecule has 9 atom stereocenters. The monoisotopic (exact) mass is 986 g/mol. The van der Waals surface area contributed by atoms with Gasteiger partial charge in [-0.25, -0.2) is 15.0 Å². The molecule has 68 heavy (non-hydrogen) atoms. The molecule has 0 spiro atoms. The first-order valence-electron chi connectivity index (χ1n) is 23.4. The van der Waals surface area contributed by atoms with Gasteiger partial charge < -0.3 is 28.4 Å². The average Bonchev–Trinajstić information content (AvgIpc) is 4.16. The summed E-state index contributed by atoms with van der Waals surface area (Å²) in [5.41, 5.74) is 4.49. The topological polar surface area (TPSA) is 153 Å². The number of rotatable bonds is 6. The Morgan fingerprint density at radius 3 is 0.926 bits per heavy atom. The predicted molar refractivity (Wildman–Crippen MR) is 269 cm³/mol. The quantitative estimate of drug-likeness (QED) is 0.148. The fraction of sp³-hybridized carbons (Fsp3) is 0.580. The Hall–Kier alpha value is -4.86. The van der Waals surface area contributed by atoms with Gasteiger partial charge in [0.2, 0.25) is 15.9 Å². The Morgan fingerprint density at radius 2 is 0.721 bits per heavy atom. The minimum absolute atomic E-state index is 0. The van der Waals surface area contributed by atoms with E-state index < -0.39 is 0 Å². The third kappa shape index (κ3) is 8.96. The van der Waals surface area contributed by atoms with E-state index in [2.05, 4.69) is 43.6 Å². The van der Waals surface area contributed by atoms with Crippen molar-refractivity contribution >= 4 is 85.6 Å². The lowest BCUT2D eigenvalue weighted by Gasteiger charge is -2.26. The number of carbonyl (C=O) groups excluding carboxylic acids is 3. The van der Waals surface area contributed by atoms with E-state index in [1.165, 1.54) is 57.8 Å². The molecule has 15 nitrogen and oxygen atoms in total. The number of hydrogen-bond donors (Lipinski definition) is 0. The maximum absolute atomic E-state index is 12.6. The molecule has 3 amide bonds. The molecule has 6 saturated carbocycles. The van der Waals surface area contributed by atoms with Crippen LogP contribution in [0, 0.1) is 35.5 Å². The van der Waals surface area contributed by atoms with Crippen molar-refractivity contribution < 1.29 is 14.4 Å². The van der Waals surface area contributed by atoms with Crippen LogP contribution in [0.25, 0.3) is 33.1 Å². The number of carbonyl (C=O) groups is 3. The summed E-state index contributed by atoms with van der Waals surface area (Å²) in [5, 5.41) is 3.36. The highest BCUT2D eigenvalue weighted by molar-refractivity contribution is 6.29. The molecule has 6 heterocycles. The highest BCUT2D eigenvalue weighted by Crippen LogP contribution is 2.54. The van der Waals surface area contributed by atoms with Gasteiger partial charge in [0.1, 0.15) is 34.0 Å². The number of aromatic nitrogens is 9. The molecule has 6 bridgehead atoms. The molecule has 0 unspecified atom stereocenters. The summed E-state index contributed by atoms with van der Waals surface area (Å²) in [4.78, 5) is 68.1. The fourth-order valence-corrected chi connectivity index (χ4v) is 13.1. The highest BCUT2D eigenvalue weighted by atomic mass is 35.5. The molecule has 6 aliphatic carbocycles. The maximum Gasteiger partial charge on any atom is 0.270 e. The van der Waals surface area contributed by atoms with Crippen LogP contribution in [0.4, 0.5) is 0 Å². The van der Waals surface area contributed by atoms with Gasteiger partial charge in [0.15, 0.2) is 0 Å². The van der Waals surface area contributed by atoms with Crippen LogP contribution < -0.4 is 0 Å². The molecule has 0 radical (unpaired) electrons. The summed E-state index contributed by atoms with van der Waals surface area (Å²) in [6, 6.07) is 6.79. The summed E-state index contributed by atoms with van der Waals surface area (Å²) < 4.78 is 6.40. The molecular weight excluding hydrogens is 923 g/mol. The Labute approximate surface area is 414 Å². The van der Waals surface area contributed by atoms with Gasteiger partial charge in [0.05, 0.1) is 0 Å². The lowest BCUT2D eigenvalue weighted by molar-refractivity contribution is 0.0806. The highest BCUT2D eigenvalue weighted by Gasteiger charge is 2.45. The van der Waals surface area contributed by atoms with E-state index in [-0.39, 0.29) is 48.4 Å². The van der Waals surface area contributed by atoms with Crippen LogP contribution in [0.5, 0.6) is 0 Å². The summed E-state index contributed by atoms with van der Waals surface area (Å²) in [7, 11) is 10.7. The molecular formula is C50H65Cl3N12O3. The number of halogens is 3. The molecule has 18 heteroatoms. The van der Waals surface area contributed by atoms with E-state index >= 15 is 0 Å². The summed E-state index contributed by atoms with van der Waals surface area (Å²) in [6.07, 6.45) is 20.1. The van der Waals surface area contributed by atoms with Crippen molar-refractivity contribution in [1.29, 1.82) is 0 Å². The van der Waals surface area contributed by atoms with Crippen molar-refractivity contribution in [2.75, 3.05) is 42.3 Å². The van der Waals surface area contributed by atoms with Crippen molar-refractivity contribution in [2.45, 2.75) is 110 Å². The van der Waals surface area contributed by atoms with E-state index in [1.807, 2.05) is 18.2 Å². The molecule has 6 aromatic heterocycles. The SMILES string of the molecule is C.C.CN(C)C(=O)c1cc2cnc(Cl)nc2n1[C@@H]1C[C@H]2CC[C@@H]1C2.CN(C)C(=O)c1cc2cnc(Cl)nc2n1[C@@H]1C[C@H]2CC[C@@H]1C2.CN(C)C(=O)c1cc2cnc(Cl)nc2n1[C@H]1C[C@@H]2CC[C@H]1C2. The zero-order valence-electron chi connectivity index (χ0n) is 38.4. The molecule has 0 saturated heterocycles. The Bertz CT molecular complexity index is 2570. The van der Waals surface area contributed by atoms with Gasteiger partial charge in [-0.3, -0.25) is 14.4 Å². The molecule has 6 aliphatic rings. The van der Waals surface area contributed by atoms with Gasteiger partial charge in [-0.15, -0.1) is 0 Å². The normalized spacial score (nSPS) is 26.0. The molecule has 364 valence electrons. The molecule has 0 N–H and O–H groups in total. The van der Waals surface area contributed by atoms with E-state index in [0.29, 0.717) is 53.0 Å². The molecule has 12 rings (SSSR count). The molecule has 0 aromatic carbocycles. The van der Waals surface area contributed by atoms with Crippen molar-refractivity contribution in [3.8, 4) is 0 Å². The number of hydrogen-bond acceptors (Lipinski definition) is 9. The number of amides is 3. The second kappa shape index (κ2) is 19.5. The standard InChI is InChI=1S/3C16H19ClN4O.2CH4/c3*1-20(2)15(22)13-7-11-8-18-16(17)19-14(11)21(13)12-6-9-3-4-10(12)5-9;;/h3*7-10,12H,3-6H2,1-2H3;2*1H4/t3*9-,10+,12+;;/m100../s1. The zero-order valence-corrected chi connectivity index (χ0v) is 40.6. The first-order chi connectivity index (χ1) is 31.6. The summed E-state index contributed by atoms with van der Waals surface area (Å²) in [5.74, 6) is 4.39. The molecule has 6 aromatic rings.